The van der Waals surface area contributed by atoms with Crippen LogP contribution < -0.4 is 5.73 Å². The lowest BCUT2D eigenvalue weighted by atomic mass is 9.73. The zero-order valence-corrected chi connectivity index (χ0v) is 18.2. The molecule has 0 amide bonds. The van der Waals surface area contributed by atoms with Crippen molar-refractivity contribution in [3.63, 3.8) is 0 Å². The minimum atomic E-state index is -0.403. The van der Waals surface area contributed by atoms with Crippen molar-refractivity contribution in [1.82, 2.24) is 4.90 Å². The van der Waals surface area contributed by atoms with E-state index in [1.807, 2.05) is 0 Å². The second-order valence-electron chi connectivity index (χ2n) is 8.98. The van der Waals surface area contributed by atoms with Crippen molar-refractivity contribution in [2.45, 2.75) is 43.8 Å². The van der Waals surface area contributed by atoms with Crippen LogP contribution in [0.5, 0.6) is 0 Å². The van der Waals surface area contributed by atoms with E-state index in [9.17, 15) is 0 Å². The molecule has 1 fully saturated rings. The van der Waals surface area contributed by atoms with Crippen LogP contribution in [0, 0.1) is 5.92 Å². The van der Waals surface area contributed by atoms with E-state index in [0.29, 0.717) is 18.6 Å². The lowest BCUT2D eigenvalue weighted by Gasteiger charge is -2.48. The Bertz CT molecular complexity index is 931. The van der Waals surface area contributed by atoms with Gasteiger partial charge < -0.3 is 5.73 Å². The second-order valence-corrected chi connectivity index (χ2v) is 8.98. The molecule has 0 aromatic heterocycles. The average molecular weight is 410 g/mol. The maximum Gasteiger partial charge on any atom is 0.0992 e. The molecule has 3 nitrogen and oxygen atoms in total. The molecule has 0 bridgehead atoms. The Labute approximate surface area is 185 Å². The third kappa shape index (κ3) is 3.42. The van der Waals surface area contributed by atoms with Gasteiger partial charge in [0.2, 0.25) is 0 Å². The number of aliphatic imine (C=N–C) groups is 1. The molecule has 3 atom stereocenters. The Balaban J connectivity index is 1.73. The minimum Gasteiger partial charge on any atom is -0.328 e. The minimum absolute atomic E-state index is 0.212. The van der Waals surface area contributed by atoms with Crippen LogP contribution in [0.1, 0.15) is 42.9 Å². The lowest BCUT2D eigenvalue weighted by Crippen LogP contribution is -2.54. The lowest BCUT2D eigenvalue weighted by molar-refractivity contribution is 0.125. The standard InChI is InChI=1S/C28H31N3/c1-21(29)22-17-18-26-27(19-22)31(20-30-26)28(23-11-5-2-6-12-23,24-13-7-3-8-14-24)25-15-9-4-10-16-25/h2-16,21-22,27H,17-20,29H2,1H3. The number of hydrogen-bond acceptors (Lipinski definition) is 3. The quantitative estimate of drug-likeness (QED) is 0.588. The fourth-order valence-electron chi connectivity index (χ4n) is 5.65. The van der Waals surface area contributed by atoms with Gasteiger partial charge in [-0.25, -0.2) is 0 Å². The van der Waals surface area contributed by atoms with Crippen LogP contribution >= 0.6 is 0 Å². The van der Waals surface area contributed by atoms with Gasteiger partial charge in [-0.3, -0.25) is 9.89 Å². The highest BCUT2D eigenvalue weighted by atomic mass is 15.3. The zero-order valence-electron chi connectivity index (χ0n) is 18.2. The smallest absolute Gasteiger partial charge is 0.0992 e. The Morgan fingerprint density at radius 2 is 1.32 bits per heavy atom. The summed E-state index contributed by atoms with van der Waals surface area (Å²) in [5.41, 5.74) is 11.2. The number of nitrogens with two attached hydrogens (primary N) is 1. The molecule has 1 saturated carbocycles. The van der Waals surface area contributed by atoms with Crippen LogP contribution in [-0.2, 0) is 5.54 Å². The SMILES string of the molecule is CC(N)C1CCC2=NCN(C(c3ccccc3)(c3ccccc3)c3ccccc3)C2C1. The normalized spacial score (nSPS) is 22.6. The molecule has 158 valence electrons. The summed E-state index contributed by atoms with van der Waals surface area (Å²) in [6, 6.07) is 33.3. The van der Waals surface area contributed by atoms with Crippen molar-refractivity contribution in [1.29, 1.82) is 0 Å². The molecule has 2 aliphatic rings. The number of fused-ring (bicyclic) bond motifs is 1. The van der Waals surface area contributed by atoms with E-state index >= 15 is 0 Å². The van der Waals surface area contributed by atoms with Crippen molar-refractivity contribution in [3.05, 3.63) is 108 Å². The largest absolute Gasteiger partial charge is 0.328 e. The van der Waals surface area contributed by atoms with Crippen molar-refractivity contribution in [2.24, 2.45) is 16.6 Å². The van der Waals surface area contributed by atoms with Gasteiger partial charge in [-0.15, -0.1) is 0 Å². The Morgan fingerprint density at radius 1 is 0.839 bits per heavy atom. The summed E-state index contributed by atoms with van der Waals surface area (Å²) in [5.74, 6) is 0.532. The van der Waals surface area contributed by atoms with Crippen LogP contribution in [0.3, 0.4) is 0 Å². The maximum absolute atomic E-state index is 6.38. The monoisotopic (exact) mass is 409 g/mol. The summed E-state index contributed by atoms with van der Waals surface area (Å²) in [4.78, 5) is 7.71. The van der Waals surface area contributed by atoms with Gasteiger partial charge in [-0.2, -0.15) is 0 Å². The van der Waals surface area contributed by atoms with Gasteiger partial charge in [0.15, 0.2) is 0 Å². The van der Waals surface area contributed by atoms with Crippen LogP contribution in [0.4, 0.5) is 0 Å². The Morgan fingerprint density at radius 3 is 1.77 bits per heavy atom. The third-order valence-corrected chi connectivity index (χ3v) is 7.23. The highest BCUT2D eigenvalue weighted by molar-refractivity contribution is 5.92. The summed E-state index contributed by atoms with van der Waals surface area (Å²) < 4.78 is 0. The first kappa shape index (κ1) is 20.2. The summed E-state index contributed by atoms with van der Waals surface area (Å²) in [5, 5.41) is 0. The van der Waals surface area contributed by atoms with Gasteiger partial charge in [0, 0.05) is 11.8 Å². The van der Waals surface area contributed by atoms with Gasteiger partial charge in [0.25, 0.3) is 0 Å². The summed E-state index contributed by atoms with van der Waals surface area (Å²) in [6.45, 7) is 2.87. The van der Waals surface area contributed by atoms with Crippen molar-refractivity contribution >= 4 is 5.71 Å². The molecule has 0 spiro atoms. The van der Waals surface area contributed by atoms with Gasteiger partial charge in [0.05, 0.1) is 18.2 Å². The molecule has 2 N–H and O–H groups in total. The van der Waals surface area contributed by atoms with E-state index in [0.717, 1.165) is 19.3 Å². The van der Waals surface area contributed by atoms with Gasteiger partial charge in [-0.05, 0) is 48.8 Å². The van der Waals surface area contributed by atoms with E-state index in [1.54, 1.807) is 0 Å². The second kappa shape index (κ2) is 8.41. The van der Waals surface area contributed by atoms with E-state index in [-0.39, 0.29) is 6.04 Å². The zero-order chi connectivity index (χ0) is 21.3. The summed E-state index contributed by atoms with van der Waals surface area (Å²) in [7, 11) is 0. The molecule has 0 saturated heterocycles. The Kier molecular flexibility index (Phi) is 5.47. The average Bonchev–Trinajstić information content (AvgIpc) is 3.25. The van der Waals surface area contributed by atoms with Crippen LogP contribution in [0.2, 0.25) is 0 Å². The van der Waals surface area contributed by atoms with E-state index < -0.39 is 5.54 Å². The van der Waals surface area contributed by atoms with Crippen molar-refractivity contribution in [3.8, 4) is 0 Å². The first-order valence-corrected chi connectivity index (χ1v) is 11.4. The molecule has 3 aromatic carbocycles. The number of rotatable bonds is 5. The number of hydrogen-bond donors (Lipinski definition) is 1. The molecule has 1 aliphatic heterocycles. The highest BCUT2D eigenvalue weighted by Gasteiger charge is 2.49. The molecule has 3 aromatic rings. The molecular formula is C28H31N3. The number of benzene rings is 3. The molecule has 3 heteroatoms. The molecule has 3 unspecified atom stereocenters. The Hall–Kier alpha value is -2.75. The molecule has 1 aliphatic carbocycles. The molecule has 0 radical (unpaired) electrons. The first-order chi connectivity index (χ1) is 15.2. The molecular weight excluding hydrogens is 378 g/mol. The number of nitrogens with zero attached hydrogens (tertiary/aromatic N) is 2. The third-order valence-electron chi connectivity index (χ3n) is 7.23. The summed E-state index contributed by atoms with van der Waals surface area (Å²) >= 11 is 0. The summed E-state index contributed by atoms with van der Waals surface area (Å²) in [6.07, 6.45) is 3.28. The van der Waals surface area contributed by atoms with E-state index in [2.05, 4.69) is 103 Å². The molecule has 1 heterocycles. The first-order valence-electron chi connectivity index (χ1n) is 11.4. The predicted octanol–water partition coefficient (Wildman–Crippen LogP) is 5.21. The van der Waals surface area contributed by atoms with Gasteiger partial charge >= 0.3 is 0 Å². The van der Waals surface area contributed by atoms with Gasteiger partial charge in [0.1, 0.15) is 0 Å². The van der Waals surface area contributed by atoms with Crippen LogP contribution in [0.25, 0.3) is 0 Å². The predicted molar refractivity (Wildman–Crippen MR) is 128 cm³/mol. The van der Waals surface area contributed by atoms with E-state index in [4.69, 9.17) is 10.7 Å². The van der Waals surface area contributed by atoms with Crippen LogP contribution in [0.15, 0.2) is 96.0 Å². The molecule has 31 heavy (non-hydrogen) atoms. The fraction of sp³-hybridized carbons (Fsp3) is 0.321. The van der Waals surface area contributed by atoms with Crippen molar-refractivity contribution in [2.75, 3.05) is 6.67 Å². The fourth-order valence-corrected chi connectivity index (χ4v) is 5.65. The maximum atomic E-state index is 6.38. The van der Waals surface area contributed by atoms with Crippen LogP contribution in [-0.4, -0.2) is 29.4 Å². The van der Waals surface area contributed by atoms with Crippen molar-refractivity contribution < 1.29 is 0 Å². The topological polar surface area (TPSA) is 41.6 Å². The highest BCUT2D eigenvalue weighted by Crippen LogP contribution is 2.47. The molecule has 5 rings (SSSR count). The van der Waals surface area contributed by atoms with Gasteiger partial charge in [-0.1, -0.05) is 91.0 Å². The van der Waals surface area contributed by atoms with E-state index in [1.165, 1.54) is 22.4 Å².